The molecule has 4 aliphatic rings. The maximum absolute atomic E-state index is 6.29. The molecule has 3 saturated heterocycles. The quantitative estimate of drug-likeness (QED) is 0.621. The van der Waals surface area contributed by atoms with Gasteiger partial charge in [0.15, 0.2) is 24.0 Å². The molecule has 191 valence electrons. The lowest BCUT2D eigenvalue weighted by molar-refractivity contribution is -0.342. The number of hydrogen-bond acceptors (Lipinski definition) is 8. The number of ether oxygens (including phenoxy) is 6. The number of pyridine rings is 1. The van der Waals surface area contributed by atoms with Crippen LogP contribution in [0.3, 0.4) is 0 Å². The summed E-state index contributed by atoms with van der Waals surface area (Å²) in [4.78, 5) is 4.39. The number of hydrogen-bond donors (Lipinski definition) is 1. The van der Waals surface area contributed by atoms with Crippen molar-refractivity contribution in [3.63, 3.8) is 0 Å². The molecule has 5 atom stereocenters. The van der Waals surface area contributed by atoms with E-state index in [4.69, 9.17) is 40.0 Å². The smallest absolute Gasteiger partial charge is 0.190 e. The lowest BCUT2D eigenvalue weighted by Crippen LogP contribution is -2.58. The molecule has 1 aromatic carbocycles. The molecule has 0 spiro atoms. The summed E-state index contributed by atoms with van der Waals surface area (Å²) in [5, 5.41) is 5.06. The topological polar surface area (TPSA) is 80.3 Å². The molecule has 6 rings (SSSR count). The first-order chi connectivity index (χ1) is 17.2. The second kappa shape index (κ2) is 9.34. The molecule has 2 aromatic rings. The fourth-order valence-corrected chi connectivity index (χ4v) is 5.39. The molecule has 1 N–H and O–H groups in total. The minimum atomic E-state index is -0.762. The third kappa shape index (κ3) is 4.85. The van der Waals surface area contributed by atoms with Gasteiger partial charge >= 0.3 is 0 Å². The highest BCUT2D eigenvalue weighted by atomic mass is 35.5. The monoisotopic (exact) mass is 513 g/mol. The summed E-state index contributed by atoms with van der Waals surface area (Å²) in [6.45, 7) is 8.77. The van der Waals surface area contributed by atoms with Gasteiger partial charge in [-0.15, -0.1) is 0 Å². The highest BCUT2D eigenvalue weighted by Crippen LogP contribution is 2.44. The summed E-state index contributed by atoms with van der Waals surface area (Å²) in [6, 6.07) is 7.45. The normalized spacial score (nSPS) is 33.6. The highest BCUT2D eigenvalue weighted by molar-refractivity contribution is 6.31. The van der Waals surface area contributed by atoms with Crippen LogP contribution in [-0.2, 0) is 23.7 Å². The zero-order valence-corrected chi connectivity index (χ0v) is 21.5. The number of rotatable bonds is 6. The van der Waals surface area contributed by atoms with E-state index >= 15 is 0 Å². The maximum Gasteiger partial charge on any atom is 0.190 e. The van der Waals surface area contributed by atoms with E-state index in [0.29, 0.717) is 18.1 Å². The highest BCUT2D eigenvalue weighted by Gasteiger charge is 2.61. The molecule has 5 radical (unpaired) electrons. The van der Waals surface area contributed by atoms with E-state index in [1.165, 1.54) is 0 Å². The van der Waals surface area contributed by atoms with Crippen molar-refractivity contribution in [2.75, 3.05) is 13.1 Å². The summed E-state index contributed by atoms with van der Waals surface area (Å²) in [6.07, 6.45) is 6.96. The number of fused-ring (bicyclic) bond motifs is 4. The second-order valence-electron chi connectivity index (χ2n) is 10.3. The van der Waals surface area contributed by atoms with Crippen LogP contribution in [0.2, 0.25) is 5.02 Å². The Morgan fingerprint density at radius 3 is 2.64 bits per heavy atom. The average Bonchev–Trinajstić information content (AvgIpc) is 3.46. The molecule has 4 heterocycles. The molecule has 1 aliphatic carbocycles. The molecular formula is C27H30ClN2O6. The van der Waals surface area contributed by atoms with E-state index in [-0.39, 0.29) is 24.4 Å². The van der Waals surface area contributed by atoms with Crippen LogP contribution in [0.25, 0.3) is 10.9 Å². The van der Waals surface area contributed by atoms with Gasteiger partial charge in [0.1, 0.15) is 30.2 Å². The van der Waals surface area contributed by atoms with Crippen molar-refractivity contribution >= 4 is 22.5 Å². The number of aromatic nitrogens is 1. The third-order valence-corrected chi connectivity index (χ3v) is 6.89. The van der Waals surface area contributed by atoms with Gasteiger partial charge in [-0.25, -0.2) is 0 Å². The van der Waals surface area contributed by atoms with Crippen molar-refractivity contribution in [2.24, 2.45) is 0 Å². The largest absolute Gasteiger partial charge is 0.481 e. The molecule has 0 bridgehead atoms. The second-order valence-corrected chi connectivity index (χ2v) is 10.8. The van der Waals surface area contributed by atoms with Crippen LogP contribution < -0.4 is 10.1 Å². The molecule has 36 heavy (non-hydrogen) atoms. The summed E-state index contributed by atoms with van der Waals surface area (Å²) in [5.41, 5.74) is 0.790. The first-order valence-corrected chi connectivity index (χ1v) is 12.6. The van der Waals surface area contributed by atoms with Crippen molar-refractivity contribution in [3.05, 3.63) is 66.8 Å². The van der Waals surface area contributed by atoms with Gasteiger partial charge in [0.25, 0.3) is 0 Å². The van der Waals surface area contributed by atoms with Gasteiger partial charge in [-0.3, -0.25) is 4.98 Å². The SMILES string of the molecule is CC1(C)O[C@H]2O[C@H]3[C@H](OC(C)(C)O[C@H]3CNC[C]3[CH][CH][CH][C]3Oc3ccnc4cc(Cl)ccc34)[C@H]2O1. The van der Waals surface area contributed by atoms with Crippen molar-refractivity contribution < 1.29 is 28.4 Å². The Hall–Kier alpha value is -1.52. The summed E-state index contributed by atoms with van der Waals surface area (Å²) < 4.78 is 36.9. The fourth-order valence-electron chi connectivity index (χ4n) is 5.22. The average molecular weight is 514 g/mol. The van der Waals surface area contributed by atoms with Crippen LogP contribution in [0.4, 0.5) is 0 Å². The number of nitrogens with one attached hydrogen (secondary N) is 1. The third-order valence-electron chi connectivity index (χ3n) is 6.66. The summed E-state index contributed by atoms with van der Waals surface area (Å²) in [5.74, 6) is 0.312. The van der Waals surface area contributed by atoms with E-state index in [9.17, 15) is 0 Å². The Balaban J connectivity index is 1.08. The molecule has 0 unspecified atom stereocenters. The predicted octanol–water partition coefficient (Wildman–Crippen LogP) is 3.99. The van der Waals surface area contributed by atoms with Crippen LogP contribution in [0, 0.1) is 31.3 Å². The van der Waals surface area contributed by atoms with Gasteiger partial charge in [-0.2, -0.15) is 0 Å². The van der Waals surface area contributed by atoms with Crippen molar-refractivity contribution in [3.8, 4) is 5.75 Å². The minimum absolute atomic E-state index is 0.229. The summed E-state index contributed by atoms with van der Waals surface area (Å²) >= 11 is 6.12. The van der Waals surface area contributed by atoms with Crippen LogP contribution >= 0.6 is 11.6 Å². The maximum atomic E-state index is 6.29. The van der Waals surface area contributed by atoms with Gasteiger partial charge in [-0.1, -0.05) is 11.6 Å². The molecular weight excluding hydrogens is 484 g/mol. The Bertz CT molecular complexity index is 1110. The van der Waals surface area contributed by atoms with E-state index in [1.807, 2.05) is 71.2 Å². The molecule has 1 aromatic heterocycles. The van der Waals surface area contributed by atoms with Crippen molar-refractivity contribution in [2.45, 2.75) is 70.0 Å². The standard InChI is InChI=1S/C27H30ClN2O6/c1-26(2)33-21(22-23(34-26)24-25(32-22)36-27(3,4)35-24)14-29-13-15-6-5-7-19(15)31-20-10-11-30-18-12-16(28)8-9-17(18)20/h5-12,21-25,29H,13-14H2,1-4H3/t21-,22+,23-,24+,25+/m0/s1. The van der Waals surface area contributed by atoms with Gasteiger partial charge in [0, 0.05) is 42.0 Å². The van der Waals surface area contributed by atoms with E-state index in [1.54, 1.807) is 6.20 Å². The Kier molecular flexibility index (Phi) is 6.44. The van der Waals surface area contributed by atoms with E-state index < -0.39 is 17.9 Å². The Labute approximate surface area is 216 Å². The van der Waals surface area contributed by atoms with Crippen LogP contribution in [0.15, 0.2) is 30.5 Å². The lowest BCUT2D eigenvalue weighted by Gasteiger charge is -2.44. The lowest BCUT2D eigenvalue weighted by atomic mass is 10.0. The fraction of sp³-hybridized carbons (Fsp3) is 0.481. The molecule has 8 nitrogen and oxygen atoms in total. The van der Waals surface area contributed by atoms with Gasteiger partial charge in [-0.05, 0) is 64.8 Å². The number of nitrogens with zero attached hydrogens (tertiary/aromatic N) is 1. The molecule has 4 fully saturated rings. The Morgan fingerprint density at radius 1 is 0.972 bits per heavy atom. The molecule has 0 amide bonds. The number of halogens is 1. The van der Waals surface area contributed by atoms with Gasteiger partial charge < -0.3 is 33.7 Å². The number of benzene rings is 1. The van der Waals surface area contributed by atoms with E-state index in [0.717, 1.165) is 28.7 Å². The van der Waals surface area contributed by atoms with E-state index in [2.05, 4.69) is 10.3 Å². The molecule has 3 aliphatic heterocycles. The molecule has 9 heteroatoms. The predicted molar refractivity (Wildman–Crippen MR) is 132 cm³/mol. The first kappa shape index (κ1) is 24.8. The zero-order valence-electron chi connectivity index (χ0n) is 20.7. The van der Waals surface area contributed by atoms with Crippen LogP contribution in [0.1, 0.15) is 27.7 Å². The van der Waals surface area contributed by atoms with Crippen LogP contribution in [-0.4, -0.2) is 60.4 Å². The zero-order chi connectivity index (χ0) is 25.1. The van der Waals surface area contributed by atoms with Gasteiger partial charge in [0.2, 0.25) is 0 Å². The first-order valence-electron chi connectivity index (χ1n) is 12.2. The van der Waals surface area contributed by atoms with Crippen LogP contribution in [0.5, 0.6) is 5.75 Å². The van der Waals surface area contributed by atoms with Gasteiger partial charge in [0.05, 0.1) is 5.52 Å². The Morgan fingerprint density at radius 2 is 1.78 bits per heavy atom. The van der Waals surface area contributed by atoms with Crippen molar-refractivity contribution in [1.82, 2.24) is 10.3 Å². The summed E-state index contributed by atoms with van der Waals surface area (Å²) in [7, 11) is 0. The van der Waals surface area contributed by atoms with Crippen molar-refractivity contribution in [1.29, 1.82) is 0 Å². The minimum Gasteiger partial charge on any atom is -0.481 e. The molecule has 1 saturated carbocycles.